The molecule has 0 spiro atoms. The first-order valence-electron chi connectivity index (χ1n) is 10.7. The number of amides is 1. The van der Waals surface area contributed by atoms with Crippen LogP contribution >= 0.6 is 0 Å². The van der Waals surface area contributed by atoms with Crippen molar-refractivity contribution in [2.45, 2.75) is 37.5 Å². The van der Waals surface area contributed by atoms with E-state index in [-0.39, 0.29) is 23.8 Å². The Bertz CT molecular complexity index is 1040. The summed E-state index contributed by atoms with van der Waals surface area (Å²) in [5.41, 5.74) is 8.18. The number of carbonyl (C=O) groups is 1. The van der Waals surface area contributed by atoms with Gasteiger partial charge in [-0.05, 0) is 50.2 Å². The van der Waals surface area contributed by atoms with Gasteiger partial charge in [-0.2, -0.15) is 5.10 Å². The Morgan fingerprint density at radius 2 is 2.32 bits per heavy atom. The number of rotatable bonds is 7. The molecule has 1 amide bonds. The molecule has 9 heteroatoms. The highest BCUT2D eigenvalue weighted by Gasteiger charge is 2.40. The Labute approximate surface area is 180 Å². The van der Waals surface area contributed by atoms with Gasteiger partial charge in [0.05, 0.1) is 29.1 Å². The first-order valence-corrected chi connectivity index (χ1v) is 10.7. The molecule has 2 aromatic rings. The van der Waals surface area contributed by atoms with Gasteiger partial charge in [-0.25, -0.2) is 4.79 Å². The number of piperazine rings is 1. The molecule has 31 heavy (non-hydrogen) atoms. The topological polar surface area (TPSA) is 109 Å². The van der Waals surface area contributed by atoms with Gasteiger partial charge in [-0.3, -0.25) is 10.00 Å². The molecule has 3 fully saturated rings. The Balaban J connectivity index is 1.40. The van der Waals surface area contributed by atoms with E-state index in [1.165, 1.54) is 0 Å². The number of aromatic nitrogens is 2. The van der Waals surface area contributed by atoms with E-state index in [1.54, 1.807) is 11.1 Å². The molecule has 1 aromatic carbocycles. The predicted octanol–water partition coefficient (Wildman–Crippen LogP) is 2.20. The molecule has 1 unspecified atom stereocenters. The molecule has 3 aliphatic rings. The number of nitrogens with two attached hydrogens (primary N) is 1. The van der Waals surface area contributed by atoms with Crippen LogP contribution in [-0.4, -0.2) is 64.0 Å². The van der Waals surface area contributed by atoms with Crippen molar-refractivity contribution in [3.8, 4) is 5.75 Å². The molecule has 164 valence electrons. The normalized spacial score (nSPS) is 23.3. The molecule has 3 heterocycles. The predicted molar refractivity (Wildman–Crippen MR) is 116 cm³/mol. The summed E-state index contributed by atoms with van der Waals surface area (Å²) in [5, 5.41) is 11.9. The number of H-pyrrole nitrogens is 1. The summed E-state index contributed by atoms with van der Waals surface area (Å²) in [7, 11) is 0. The third kappa shape index (κ3) is 3.75. The zero-order valence-electron chi connectivity index (χ0n) is 17.6. The molecule has 0 bridgehead atoms. The molecule has 4 N–H and O–H groups in total. The molecular formula is C22H28N6O3. The van der Waals surface area contributed by atoms with Gasteiger partial charge in [0.25, 0.3) is 0 Å². The minimum Gasteiger partial charge on any atom is -0.488 e. The number of aromatic amines is 1. The van der Waals surface area contributed by atoms with Gasteiger partial charge in [-0.15, -0.1) is 0 Å². The van der Waals surface area contributed by atoms with Crippen molar-refractivity contribution in [2.24, 2.45) is 5.73 Å². The summed E-state index contributed by atoms with van der Waals surface area (Å²) in [4.78, 5) is 15.6. The maximum atomic E-state index is 11.7. The van der Waals surface area contributed by atoms with Gasteiger partial charge in [0.2, 0.25) is 0 Å². The Hall–Kier alpha value is -3.36. The average Bonchev–Trinajstić information content (AvgIpc) is 3.17. The van der Waals surface area contributed by atoms with Gasteiger partial charge in [-0.1, -0.05) is 6.58 Å². The maximum absolute atomic E-state index is 11.7. The molecule has 1 aromatic heterocycles. The second kappa shape index (κ2) is 7.40. The number of cyclic esters (lactones) is 1. The smallest absolute Gasteiger partial charge is 0.410 e. The van der Waals surface area contributed by atoms with Crippen molar-refractivity contribution < 1.29 is 14.3 Å². The van der Waals surface area contributed by atoms with Crippen LogP contribution < -0.4 is 15.8 Å². The van der Waals surface area contributed by atoms with E-state index in [9.17, 15) is 4.79 Å². The molecule has 9 nitrogen and oxygen atoms in total. The van der Waals surface area contributed by atoms with E-state index in [4.69, 9.17) is 15.2 Å². The van der Waals surface area contributed by atoms with E-state index in [1.807, 2.05) is 24.3 Å². The zero-order valence-corrected chi connectivity index (χ0v) is 17.6. The van der Waals surface area contributed by atoms with Crippen molar-refractivity contribution in [2.75, 3.05) is 26.2 Å². The number of fused-ring (bicyclic) bond motifs is 2. The maximum Gasteiger partial charge on any atom is 0.410 e. The minimum absolute atomic E-state index is 0.0359. The van der Waals surface area contributed by atoms with E-state index < -0.39 is 0 Å². The highest BCUT2D eigenvalue weighted by atomic mass is 16.6. The van der Waals surface area contributed by atoms with Crippen LogP contribution in [0.1, 0.15) is 31.5 Å². The van der Waals surface area contributed by atoms with Crippen LogP contribution in [0.2, 0.25) is 0 Å². The fourth-order valence-electron chi connectivity index (χ4n) is 4.21. The second-order valence-electron chi connectivity index (χ2n) is 8.68. The van der Waals surface area contributed by atoms with Crippen LogP contribution in [0.15, 0.2) is 42.9 Å². The number of ether oxygens (including phenoxy) is 2. The average molecular weight is 425 g/mol. The summed E-state index contributed by atoms with van der Waals surface area (Å²) in [5.74, 6) is 1.47. The van der Waals surface area contributed by atoms with Crippen molar-refractivity contribution in [1.82, 2.24) is 25.3 Å². The molecule has 1 aliphatic carbocycles. The van der Waals surface area contributed by atoms with E-state index in [0.29, 0.717) is 32.1 Å². The van der Waals surface area contributed by atoms with Crippen molar-refractivity contribution in [1.29, 1.82) is 0 Å². The molecule has 0 radical (unpaired) electrons. The third-order valence-electron chi connectivity index (χ3n) is 6.29. The number of carbonyl (C=O) groups excluding carboxylic acids is 1. The second-order valence-corrected chi connectivity index (χ2v) is 8.68. The lowest BCUT2D eigenvalue weighted by Gasteiger charge is -2.37. The molecular weight excluding hydrogens is 396 g/mol. The van der Waals surface area contributed by atoms with Crippen LogP contribution in [0, 0.1) is 0 Å². The van der Waals surface area contributed by atoms with Gasteiger partial charge < -0.3 is 25.4 Å². The van der Waals surface area contributed by atoms with Crippen LogP contribution in [-0.2, 0) is 4.74 Å². The molecule has 2 atom stereocenters. The third-order valence-corrected chi connectivity index (χ3v) is 6.29. The fourth-order valence-corrected chi connectivity index (χ4v) is 4.21. The van der Waals surface area contributed by atoms with Crippen molar-refractivity contribution in [3.63, 3.8) is 0 Å². The minimum atomic E-state index is -0.266. The van der Waals surface area contributed by atoms with E-state index in [0.717, 1.165) is 35.2 Å². The Morgan fingerprint density at radius 1 is 1.48 bits per heavy atom. The van der Waals surface area contributed by atoms with Gasteiger partial charge >= 0.3 is 6.09 Å². The highest BCUT2D eigenvalue weighted by molar-refractivity contribution is 5.83. The highest BCUT2D eigenvalue weighted by Crippen LogP contribution is 2.40. The molecule has 2 saturated heterocycles. The fraction of sp³-hybridized carbons (Fsp3) is 0.455. The number of hydrogen-bond acceptors (Lipinski definition) is 7. The van der Waals surface area contributed by atoms with Crippen LogP contribution in [0.3, 0.4) is 0 Å². The Kier molecular flexibility index (Phi) is 4.68. The van der Waals surface area contributed by atoms with Gasteiger partial charge in [0.15, 0.2) is 0 Å². The number of nitrogens with zero attached hydrogens (tertiary/aromatic N) is 3. The van der Waals surface area contributed by atoms with Crippen molar-refractivity contribution >= 4 is 17.0 Å². The van der Waals surface area contributed by atoms with Gasteiger partial charge in [0.1, 0.15) is 18.0 Å². The first-order chi connectivity index (χ1) is 15.0. The van der Waals surface area contributed by atoms with Crippen LogP contribution in [0.25, 0.3) is 10.9 Å². The molecule has 1 saturated carbocycles. The molecule has 2 aliphatic heterocycles. The van der Waals surface area contributed by atoms with Crippen LogP contribution in [0.4, 0.5) is 4.79 Å². The monoisotopic (exact) mass is 424 g/mol. The summed E-state index contributed by atoms with van der Waals surface area (Å²) < 4.78 is 11.3. The van der Waals surface area contributed by atoms with Gasteiger partial charge in [0, 0.05) is 25.0 Å². The van der Waals surface area contributed by atoms with Crippen LogP contribution in [0.5, 0.6) is 5.75 Å². The quantitative estimate of drug-likeness (QED) is 0.625. The first kappa shape index (κ1) is 19.6. The Morgan fingerprint density at radius 3 is 3.10 bits per heavy atom. The number of hydrogen-bond donors (Lipinski definition) is 3. The largest absolute Gasteiger partial charge is 0.488 e. The summed E-state index contributed by atoms with van der Waals surface area (Å²) in [6.45, 7) is 8.25. The number of nitrogens with one attached hydrogen (secondary N) is 2. The molecule has 5 rings (SSSR count). The SMILES string of the molecule is C=CN[C@H](/C=C(\N)N1CCN2C(=O)OCC2C1)c1n[nH]c2ccc(OC3(C)CC3)cc12. The van der Waals surface area contributed by atoms with E-state index in [2.05, 4.69) is 33.9 Å². The zero-order chi connectivity index (χ0) is 21.6. The lowest BCUT2D eigenvalue weighted by molar-refractivity contribution is 0.136. The lowest BCUT2D eigenvalue weighted by Crippen LogP contribution is -2.52. The standard InChI is InChI=1S/C22H28N6O3/c1-3-24-18(11-19(23)27-8-9-28-14(12-27)13-30-21(28)29)20-16-10-15(31-22(2)6-7-22)4-5-17(16)25-26-20/h3-5,10-11,14,18,24H,1,6-9,12-13,23H2,2H3,(H,25,26)/b19-11+/t14?,18-/m1/s1. The summed E-state index contributed by atoms with van der Waals surface area (Å²) in [6, 6.07) is 5.76. The van der Waals surface area contributed by atoms with Crippen molar-refractivity contribution in [3.05, 3.63) is 48.6 Å². The summed E-state index contributed by atoms with van der Waals surface area (Å²) in [6.07, 6.45) is 5.50. The summed E-state index contributed by atoms with van der Waals surface area (Å²) >= 11 is 0. The number of benzene rings is 1. The lowest BCUT2D eigenvalue weighted by atomic mass is 10.1. The van der Waals surface area contributed by atoms with E-state index >= 15 is 0 Å².